The fraction of sp³-hybridized carbons (Fsp3) is 0.235. The van der Waals surface area contributed by atoms with Crippen molar-refractivity contribution in [3.63, 3.8) is 0 Å². The second kappa shape index (κ2) is 6.15. The van der Waals surface area contributed by atoms with E-state index in [2.05, 4.69) is 27.9 Å². The fourth-order valence-electron chi connectivity index (χ4n) is 2.60. The molecular formula is C17H16INO2. The summed E-state index contributed by atoms with van der Waals surface area (Å²) in [7, 11) is 0. The molecule has 1 aliphatic heterocycles. The van der Waals surface area contributed by atoms with Crippen LogP contribution in [0.15, 0.2) is 42.5 Å². The molecule has 2 aromatic carbocycles. The predicted molar refractivity (Wildman–Crippen MR) is 91.2 cm³/mol. The van der Waals surface area contributed by atoms with Crippen molar-refractivity contribution >= 4 is 34.2 Å². The van der Waals surface area contributed by atoms with Gasteiger partial charge in [-0.1, -0.05) is 24.3 Å². The Bertz CT molecular complexity index is 667. The lowest BCUT2D eigenvalue weighted by Gasteiger charge is -2.15. The van der Waals surface area contributed by atoms with Crippen LogP contribution in [0.25, 0.3) is 0 Å². The molecule has 0 bridgehead atoms. The number of nitrogens with one attached hydrogen (secondary N) is 1. The third kappa shape index (κ3) is 3.27. The molecule has 0 fully saturated rings. The van der Waals surface area contributed by atoms with Crippen molar-refractivity contribution in [2.24, 2.45) is 0 Å². The van der Waals surface area contributed by atoms with Gasteiger partial charge in [-0.05, 0) is 70.3 Å². The zero-order valence-electron chi connectivity index (χ0n) is 11.5. The monoisotopic (exact) mass is 393 g/mol. The first-order chi connectivity index (χ1) is 10.1. The zero-order valence-corrected chi connectivity index (χ0v) is 13.6. The van der Waals surface area contributed by atoms with E-state index < -0.39 is 6.10 Å². The van der Waals surface area contributed by atoms with Crippen LogP contribution in [0.5, 0.6) is 0 Å². The van der Waals surface area contributed by atoms with Crippen molar-refractivity contribution in [2.75, 3.05) is 5.32 Å². The quantitative estimate of drug-likeness (QED) is 0.766. The third-order valence-corrected chi connectivity index (χ3v) is 4.47. The average molecular weight is 393 g/mol. The minimum absolute atomic E-state index is 0.0692. The van der Waals surface area contributed by atoms with Gasteiger partial charge in [0.05, 0.1) is 0 Å². The van der Waals surface area contributed by atoms with Crippen LogP contribution in [0.1, 0.15) is 35.6 Å². The van der Waals surface area contributed by atoms with Crippen LogP contribution in [-0.4, -0.2) is 11.0 Å². The maximum Gasteiger partial charge on any atom is 0.224 e. The van der Waals surface area contributed by atoms with Crippen molar-refractivity contribution in [3.8, 4) is 0 Å². The van der Waals surface area contributed by atoms with Crippen LogP contribution in [0.3, 0.4) is 0 Å². The van der Waals surface area contributed by atoms with Crippen molar-refractivity contribution < 1.29 is 9.90 Å². The number of fused-ring (bicyclic) bond motifs is 1. The topological polar surface area (TPSA) is 49.3 Å². The minimum atomic E-state index is -0.633. The second-order valence-electron chi connectivity index (χ2n) is 5.27. The van der Waals surface area contributed by atoms with Gasteiger partial charge in [0.2, 0.25) is 5.91 Å². The van der Waals surface area contributed by atoms with Crippen LogP contribution in [0, 0.1) is 3.57 Å². The first kappa shape index (κ1) is 14.5. The van der Waals surface area contributed by atoms with Gasteiger partial charge in [-0.2, -0.15) is 0 Å². The first-order valence-electron chi connectivity index (χ1n) is 7.00. The maximum absolute atomic E-state index is 11.6. The molecule has 2 N–H and O–H groups in total. The first-order valence-corrected chi connectivity index (χ1v) is 8.07. The number of carbonyl (C=O) groups excluding carboxylic acids is 1. The fourth-order valence-corrected chi connectivity index (χ4v) is 2.96. The molecule has 0 spiro atoms. The molecule has 108 valence electrons. The number of halogens is 1. The minimum Gasteiger partial charge on any atom is -0.384 e. The highest BCUT2D eigenvalue weighted by atomic mass is 127. The molecule has 0 saturated carbocycles. The van der Waals surface area contributed by atoms with E-state index in [1.54, 1.807) is 0 Å². The number of hydrogen-bond donors (Lipinski definition) is 2. The van der Waals surface area contributed by atoms with Crippen LogP contribution < -0.4 is 5.32 Å². The lowest BCUT2D eigenvalue weighted by molar-refractivity contribution is -0.116. The van der Waals surface area contributed by atoms with E-state index in [1.165, 1.54) is 0 Å². The van der Waals surface area contributed by atoms with E-state index in [4.69, 9.17) is 0 Å². The molecule has 1 atom stereocenters. The van der Waals surface area contributed by atoms with Gasteiger partial charge in [-0.15, -0.1) is 0 Å². The SMILES string of the molecule is O=C1CCCc2cc(C(O)c3ccc(I)cc3)ccc2N1. The number of carbonyl (C=O) groups is 1. The van der Waals surface area contributed by atoms with Crippen LogP contribution in [-0.2, 0) is 11.2 Å². The van der Waals surface area contributed by atoms with Gasteiger partial charge in [0, 0.05) is 15.7 Å². The molecule has 1 amide bonds. The summed E-state index contributed by atoms with van der Waals surface area (Å²) in [5.74, 6) is 0.0692. The highest BCUT2D eigenvalue weighted by Gasteiger charge is 2.16. The lowest BCUT2D eigenvalue weighted by atomic mass is 9.97. The molecule has 2 aromatic rings. The lowest BCUT2D eigenvalue weighted by Crippen LogP contribution is -2.09. The number of hydrogen-bond acceptors (Lipinski definition) is 2. The van der Waals surface area contributed by atoms with Gasteiger partial charge in [-0.25, -0.2) is 0 Å². The van der Waals surface area contributed by atoms with Gasteiger partial charge < -0.3 is 10.4 Å². The van der Waals surface area contributed by atoms with E-state index in [9.17, 15) is 9.90 Å². The molecule has 1 aliphatic rings. The summed E-state index contributed by atoms with van der Waals surface area (Å²) < 4.78 is 1.15. The van der Waals surface area contributed by atoms with Crippen LogP contribution in [0.2, 0.25) is 0 Å². The number of benzene rings is 2. The molecule has 0 radical (unpaired) electrons. The summed E-state index contributed by atoms with van der Waals surface area (Å²) in [6.07, 6.45) is 1.64. The highest BCUT2D eigenvalue weighted by molar-refractivity contribution is 14.1. The summed E-state index contributed by atoms with van der Waals surface area (Å²) in [6.45, 7) is 0. The van der Waals surface area contributed by atoms with E-state index >= 15 is 0 Å². The van der Waals surface area contributed by atoms with Crippen molar-refractivity contribution in [3.05, 3.63) is 62.7 Å². The van der Waals surface area contributed by atoms with E-state index in [0.29, 0.717) is 6.42 Å². The van der Waals surface area contributed by atoms with Gasteiger partial charge in [-0.3, -0.25) is 4.79 Å². The van der Waals surface area contributed by atoms with Crippen LogP contribution >= 0.6 is 22.6 Å². The maximum atomic E-state index is 11.6. The Morgan fingerprint density at radius 3 is 2.52 bits per heavy atom. The second-order valence-corrected chi connectivity index (χ2v) is 6.52. The van der Waals surface area contributed by atoms with E-state index in [0.717, 1.165) is 38.8 Å². The van der Waals surface area contributed by atoms with Gasteiger partial charge in [0.1, 0.15) is 6.10 Å². The predicted octanol–water partition coefficient (Wildman–Crippen LogP) is 3.65. The summed E-state index contributed by atoms with van der Waals surface area (Å²) in [6, 6.07) is 13.6. The number of aliphatic hydroxyl groups excluding tert-OH is 1. The Hall–Kier alpha value is -1.40. The number of amides is 1. The summed E-state index contributed by atoms with van der Waals surface area (Å²) in [5.41, 5.74) is 3.72. The van der Waals surface area contributed by atoms with E-state index in [1.807, 2.05) is 42.5 Å². The van der Waals surface area contributed by atoms with Gasteiger partial charge in [0.15, 0.2) is 0 Å². The number of anilines is 1. The highest BCUT2D eigenvalue weighted by Crippen LogP contribution is 2.29. The van der Waals surface area contributed by atoms with Crippen molar-refractivity contribution in [1.29, 1.82) is 0 Å². The summed E-state index contributed by atoms with van der Waals surface area (Å²) >= 11 is 2.25. The Kier molecular flexibility index (Phi) is 4.26. The molecule has 0 aromatic heterocycles. The molecule has 3 nitrogen and oxygen atoms in total. The molecule has 21 heavy (non-hydrogen) atoms. The molecule has 0 aliphatic carbocycles. The van der Waals surface area contributed by atoms with Gasteiger partial charge >= 0.3 is 0 Å². The molecule has 0 saturated heterocycles. The smallest absolute Gasteiger partial charge is 0.224 e. The average Bonchev–Trinajstić information content (AvgIpc) is 2.67. The molecular weight excluding hydrogens is 377 g/mol. The molecule has 1 heterocycles. The molecule has 1 unspecified atom stereocenters. The summed E-state index contributed by atoms with van der Waals surface area (Å²) in [5, 5.41) is 13.4. The molecule has 4 heteroatoms. The van der Waals surface area contributed by atoms with Gasteiger partial charge in [0.25, 0.3) is 0 Å². The third-order valence-electron chi connectivity index (χ3n) is 3.75. The van der Waals surface area contributed by atoms with Crippen LogP contribution in [0.4, 0.5) is 5.69 Å². The van der Waals surface area contributed by atoms with Crippen molar-refractivity contribution in [2.45, 2.75) is 25.4 Å². The Labute approximate surface area is 137 Å². The zero-order chi connectivity index (χ0) is 14.8. The largest absolute Gasteiger partial charge is 0.384 e. The normalized spacial score (nSPS) is 15.8. The Balaban J connectivity index is 1.91. The van der Waals surface area contributed by atoms with E-state index in [-0.39, 0.29) is 5.91 Å². The number of aryl methyl sites for hydroxylation is 1. The molecule has 3 rings (SSSR count). The summed E-state index contributed by atoms with van der Waals surface area (Å²) in [4.78, 5) is 11.6. The Morgan fingerprint density at radius 2 is 1.76 bits per heavy atom. The van der Waals surface area contributed by atoms with Crippen molar-refractivity contribution in [1.82, 2.24) is 0 Å². The Morgan fingerprint density at radius 1 is 1.05 bits per heavy atom. The number of aliphatic hydroxyl groups is 1. The standard InChI is InChI=1S/C17H16INO2/c18-14-7-4-11(5-8-14)17(21)13-6-9-15-12(10-13)2-1-3-16(20)19-15/h4-10,17,21H,1-3H2,(H,19,20). The number of rotatable bonds is 2.